The zero-order chi connectivity index (χ0) is 17.1. The fourth-order valence-corrected chi connectivity index (χ4v) is 2.60. The number of anilines is 1. The molecule has 124 valence electrons. The predicted molar refractivity (Wildman–Crippen MR) is 84.5 cm³/mol. The van der Waals surface area contributed by atoms with Gasteiger partial charge in [0.05, 0.1) is 36.5 Å². The summed E-state index contributed by atoms with van der Waals surface area (Å²) in [5.41, 5.74) is 0.130. The maximum Gasteiger partial charge on any atom is 0.337 e. The number of carbonyl (C=O) groups is 2. The first kappa shape index (κ1) is 17.4. The number of aromatic hydroxyl groups is 1. The summed E-state index contributed by atoms with van der Waals surface area (Å²) in [6.45, 7) is -0.199. The second-order valence-electron chi connectivity index (χ2n) is 4.68. The number of hydrogen-bond acceptors (Lipinski definition) is 6. The van der Waals surface area contributed by atoms with E-state index in [0.29, 0.717) is 0 Å². The van der Waals surface area contributed by atoms with Crippen molar-refractivity contribution in [2.75, 3.05) is 32.1 Å². The molecule has 0 aromatic heterocycles. The lowest BCUT2D eigenvalue weighted by Gasteiger charge is -2.16. The molecule has 0 unspecified atom stereocenters. The Morgan fingerprint density at radius 2 is 2.13 bits per heavy atom. The van der Waals surface area contributed by atoms with Gasteiger partial charge in [0.25, 0.3) is 5.91 Å². The molecule has 7 nitrogen and oxygen atoms in total. The van der Waals surface area contributed by atoms with Crippen molar-refractivity contribution in [2.24, 2.45) is 0 Å². The minimum Gasteiger partial charge on any atom is -0.506 e. The van der Waals surface area contributed by atoms with Crippen LogP contribution in [-0.2, 0) is 14.3 Å². The summed E-state index contributed by atoms with van der Waals surface area (Å²) in [6, 6.07) is 2.70. The van der Waals surface area contributed by atoms with Gasteiger partial charge in [-0.3, -0.25) is 4.79 Å². The van der Waals surface area contributed by atoms with E-state index in [0.717, 1.165) is 0 Å². The molecule has 0 fully saturated rings. The largest absolute Gasteiger partial charge is 0.506 e. The van der Waals surface area contributed by atoms with Gasteiger partial charge in [-0.2, -0.15) is 0 Å². The highest BCUT2D eigenvalue weighted by Crippen LogP contribution is 2.38. The number of rotatable bonds is 5. The van der Waals surface area contributed by atoms with E-state index in [4.69, 9.17) is 28.3 Å². The summed E-state index contributed by atoms with van der Waals surface area (Å²) >= 11 is 12.0. The second-order valence-corrected chi connectivity index (χ2v) is 5.46. The maximum atomic E-state index is 12.4. The fourth-order valence-electron chi connectivity index (χ4n) is 2.13. The van der Waals surface area contributed by atoms with Crippen molar-refractivity contribution in [1.82, 2.24) is 4.90 Å². The van der Waals surface area contributed by atoms with E-state index < -0.39 is 11.9 Å². The van der Waals surface area contributed by atoms with Gasteiger partial charge in [0.15, 0.2) is 0 Å². The average Bonchev–Trinajstić information content (AvgIpc) is 2.84. The number of aliphatic hydroxyl groups is 1. The van der Waals surface area contributed by atoms with E-state index in [1.54, 1.807) is 0 Å². The van der Waals surface area contributed by atoms with E-state index in [-0.39, 0.29) is 52.4 Å². The Labute approximate surface area is 142 Å². The number of amides is 1. The lowest BCUT2D eigenvalue weighted by Crippen LogP contribution is -2.31. The van der Waals surface area contributed by atoms with Crippen molar-refractivity contribution in [1.29, 1.82) is 0 Å². The summed E-state index contributed by atoms with van der Waals surface area (Å²) < 4.78 is 4.67. The molecule has 0 bridgehead atoms. The summed E-state index contributed by atoms with van der Waals surface area (Å²) in [7, 11) is 1.19. The van der Waals surface area contributed by atoms with Crippen LogP contribution in [0.5, 0.6) is 5.75 Å². The molecule has 0 saturated heterocycles. The molecule has 2 rings (SSSR count). The molecule has 0 aliphatic carbocycles. The molecular weight excluding hydrogens is 347 g/mol. The van der Waals surface area contributed by atoms with Crippen LogP contribution in [0.3, 0.4) is 0 Å². The van der Waals surface area contributed by atoms with Crippen molar-refractivity contribution in [2.45, 2.75) is 0 Å². The predicted octanol–water partition coefficient (Wildman–Crippen LogP) is 1.37. The van der Waals surface area contributed by atoms with Gasteiger partial charge in [0, 0.05) is 6.54 Å². The SMILES string of the molecule is COC(=O)C1=C(Nc2c(Cl)ccc(O)c2Cl)C(=O)N(CCO)C1. The third-order valence-corrected chi connectivity index (χ3v) is 3.97. The minimum absolute atomic E-state index is 0.0115. The lowest BCUT2D eigenvalue weighted by atomic mass is 10.2. The topological polar surface area (TPSA) is 99.1 Å². The van der Waals surface area contributed by atoms with Gasteiger partial charge >= 0.3 is 5.97 Å². The first-order valence-corrected chi connectivity index (χ1v) is 7.31. The van der Waals surface area contributed by atoms with Crippen LogP contribution in [0, 0.1) is 0 Å². The Hall–Kier alpha value is -1.96. The van der Waals surface area contributed by atoms with Gasteiger partial charge in [-0.05, 0) is 12.1 Å². The number of esters is 1. The number of phenolic OH excluding ortho intramolecular Hbond substituents is 1. The molecule has 1 aliphatic rings. The number of aliphatic hydroxyl groups excluding tert-OH is 1. The smallest absolute Gasteiger partial charge is 0.337 e. The third kappa shape index (κ3) is 3.36. The number of carbonyl (C=O) groups excluding carboxylic acids is 2. The van der Waals surface area contributed by atoms with Gasteiger partial charge < -0.3 is 25.2 Å². The average molecular weight is 361 g/mol. The number of halogens is 2. The molecule has 1 aliphatic heterocycles. The number of nitrogens with zero attached hydrogens (tertiary/aromatic N) is 1. The van der Waals surface area contributed by atoms with Crippen molar-refractivity contribution in [3.05, 3.63) is 33.4 Å². The molecule has 1 aromatic rings. The number of phenols is 1. The Kier molecular flexibility index (Phi) is 5.35. The molecule has 0 saturated carbocycles. The van der Waals surface area contributed by atoms with Crippen LogP contribution in [0.25, 0.3) is 0 Å². The van der Waals surface area contributed by atoms with Gasteiger partial charge in [0.2, 0.25) is 0 Å². The molecule has 3 N–H and O–H groups in total. The van der Waals surface area contributed by atoms with Gasteiger partial charge in [-0.15, -0.1) is 0 Å². The Balaban J connectivity index is 2.43. The number of ether oxygens (including phenoxy) is 1. The van der Waals surface area contributed by atoms with Crippen LogP contribution in [0.2, 0.25) is 10.0 Å². The number of benzene rings is 1. The van der Waals surface area contributed by atoms with Crippen LogP contribution in [0.1, 0.15) is 0 Å². The van der Waals surface area contributed by atoms with Crippen LogP contribution in [0.15, 0.2) is 23.4 Å². The standard InChI is InChI=1S/C14H14Cl2N2O5/c1-23-14(22)7-6-18(4-5-19)13(21)11(7)17-12-8(15)2-3-9(20)10(12)16/h2-3,17,19-20H,4-6H2,1H3. The summed E-state index contributed by atoms with van der Waals surface area (Å²) in [4.78, 5) is 25.5. The molecular formula is C14H14Cl2N2O5. The minimum atomic E-state index is -0.686. The first-order valence-electron chi connectivity index (χ1n) is 6.56. The summed E-state index contributed by atoms with van der Waals surface area (Å²) in [5.74, 6) is -1.42. The zero-order valence-corrected chi connectivity index (χ0v) is 13.6. The quantitative estimate of drug-likeness (QED) is 0.686. The maximum absolute atomic E-state index is 12.4. The zero-order valence-electron chi connectivity index (χ0n) is 12.1. The van der Waals surface area contributed by atoms with E-state index >= 15 is 0 Å². The van der Waals surface area contributed by atoms with Crippen LogP contribution < -0.4 is 5.32 Å². The normalized spacial score (nSPS) is 14.4. The molecule has 1 heterocycles. The van der Waals surface area contributed by atoms with Gasteiger partial charge in [-0.25, -0.2) is 4.79 Å². The Morgan fingerprint density at radius 3 is 2.74 bits per heavy atom. The van der Waals surface area contributed by atoms with E-state index in [9.17, 15) is 14.7 Å². The van der Waals surface area contributed by atoms with Crippen molar-refractivity contribution >= 4 is 40.8 Å². The van der Waals surface area contributed by atoms with Crippen LogP contribution >= 0.6 is 23.2 Å². The molecule has 0 spiro atoms. The van der Waals surface area contributed by atoms with Gasteiger partial charge in [0.1, 0.15) is 16.5 Å². The van der Waals surface area contributed by atoms with Crippen molar-refractivity contribution in [3.63, 3.8) is 0 Å². The first-order chi connectivity index (χ1) is 10.9. The van der Waals surface area contributed by atoms with E-state index in [1.165, 1.54) is 24.1 Å². The Bertz CT molecular complexity index is 690. The number of methoxy groups -OCH3 is 1. The van der Waals surface area contributed by atoms with Crippen molar-refractivity contribution in [3.8, 4) is 5.75 Å². The third-order valence-electron chi connectivity index (χ3n) is 3.27. The molecule has 1 aromatic carbocycles. The fraction of sp³-hybridized carbons (Fsp3) is 0.286. The molecule has 23 heavy (non-hydrogen) atoms. The highest BCUT2D eigenvalue weighted by molar-refractivity contribution is 6.40. The van der Waals surface area contributed by atoms with E-state index in [1.807, 2.05) is 0 Å². The van der Waals surface area contributed by atoms with E-state index in [2.05, 4.69) is 10.1 Å². The van der Waals surface area contributed by atoms with Gasteiger partial charge in [-0.1, -0.05) is 23.2 Å². The number of β-amino-alcohol motifs (C(OH)–C–C–N with tert-alkyl or cyclic N) is 1. The molecule has 1 amide bonds. The van der Waals surface area contributed by atoms with Crippen LogP contribution in [0.4, 0.5) is 5.69 Å². The highest BCUT2D eigenvalue weighted by atomic mass is 35.5. The molecule has 9 heteroatoms. The number of hydrogen-bond donors (Lipinski definition) is 3. The Morgan fingerprint density at radius 1 is 1.43 bits per heavy atom. The summed E-state index contributed by atoms with van der Waals surface area (Å²) in [6.07, 6.45) is 0. The highest BCUT2D eigenvalue weighted by Gasteiger charge is 2.35. The lowest BCUT2D eigenvalue weighted by molar-refractivity contribution is -0.136. The number of nitrogens with one attached hydrogen (secondary N) is 1. The molecule has 0 atom stereocenters. The second kappa shape index (κ2) is 7.08. The van der Waals surface area contributed by atoms with Crippen molar-refractivity contribution < 1.29 is 24.5 Å². The summed E-state index contributed by atoms with van der Waals surface area (Å²) in [5, 5.41) is 21.4. The van der Waals surface area contributed by atoms with Crippen LogP contribution in [-0.4, -0.2) is 53.8 Å². The monoisotopic (exact) mass is 360 g/mol. The molecule has 0 radical (unpaired) electrons.